The minimum absolute atomic E-state index is 0.134. The quantitative estimate of drug-likeness (QED) is 0.646. The van der Waals surface area contributed by atoms with E-state index in [0.717, 1.165) is 12.8 Å². The Morgan fingerprint density at radius 3 is 2.92 bits per heavy atom. The van der Waals surface area contributed by atoms with E-state index < -0.39 is 12.0 Å². The summed E-state index contributed by atoms with van der Waals surface area (Å²) in [5, 5.41) is 12.1. The number of aliphatic carboxylic acids is 1. The fourth-order valence-electron chi connectivity index (χ4n) is 2.68. The van der Waals surface area contributed by atoms with Gasteiger partial charge in [-0.05, 0) is 12.8 Å². The molecule has 0 amide bonds. The number of methoxy groups -OCH3 is 1. The van der Waals surface area contributed by atoms with Gasteiger partial charge in [0.05, 0.1) is 6.10 Å². The highest BCUT2D eigenvalue weighted by Crippen LogP contribution is 2.36. The van der Waals surface area contributed by atoms with Crippen LogP contribution in [0.2, 0.25) is 0 Å². The molecule has 1 heterocycles. The Morgan fingerprint density at radius 1 is 1.54 bits per heavy atom. The molecule has 1 aliphatic heterocycles. The highest BCUT2D eigenvalue weighted by molar-refractivity contribution is 5.75. The first-order valence-corrected chi connectivity index (χ1v) is 4.75. The largest absolute Gasteiger partial charge is 0.480 e. The summed E-state index contributed by atoms with van der Waals surface area (Å²) in [7, 11) is 1.60. The van der Waals surface area contributed by atoms with Crippen LogP contribution in [0, 0.1) is 5.92 Å². The molecule has 0 aromatic heterocycles. The number of carboxylic acids is 1. The number of hydrogen-bond donors (Lipinski definition) is 2. The second kappa shape index (κ2) is 3.27. The molecule has 13 heavy (non-hydrogen) atoms. The van der Waals surface area contributed by atoms with E-state index in [0.29, 0.717) is 12.0 Å². The van der Waals surface area contributed by atoms with E-state index in [2.05, 4.69) is 5.32 Å². The second-order valence-electron chi connectivity index (χ2n) is 3.88. The molecular formula is C9H15NO3. The lowest BCUT2D eigenvalue weighted by atomic mass is 9.98. The third-order valence-electron chi connectivity index (χ3n) is 3.25. The molecule has 2 N–H and O–H groups in total. The molecule has 0 unspecified atom stereocenters. The maximum Gasteiger partial charge on any atom is 0.323 e. The van der Waals surface area contributed by atoms with Gasteiger partial charge in [0.1, 0.15) is 6.04 Å². The van der Waals surface area contributed by atoms with Crippen molar-refractivity contribution in [3.05, 3.63) is 0 Å². The van der Waals surface area contributed by atoms with Gasteiger partial charge in [-0.1, -0.05) is 6.42 Å². The molecule has 2 rings (SSSR count). The topological polar surface area (TPSA) is 58.6 Å². The monoisotopic (exact) mass is 185 g/mol. The van der Waals surface area contributed by atoms with Gasteiger partial charge in [-0.15, -0.1) is 0 Å². The molecule has 4 atom stereocenters. The Hall–Kier alpha value is -0.610. The van der Waals surface area contributed by atoms with Gasteiger partial charge in [0.25, 0.3) is 0 Å². The molecule has 1 saturated heterocycles. The fraction of sp³-hybridized carbons (Fsp3) is 0.889. The van der Waals surface area contributed by atoms with Crippen LogP contribution in [0.3, 0.4) is 0 Å². The van der Waals surface area contributed by atoms with Crippen molar-refractivity contribution >= 4 is 5.97 Å². The first-order chi connectivity index (χ1) is 6.24. The number of rotatable bonds is 2. The summed E-state index contributed by atoms with van der Waals surface area (Å²) in [6.45, 7) is 0. The van der Waals surface area contributed by atoms with E-state index in [1.807, 2.05) is 0 Å². The zero-order valence-electron chi connectivity index (χ0n) is 7.69. The number of ether oxygens (including phenoxy) is 1. The summed E-state index contributed by atoms with van der Waals surface area (Å²) >= 11 is 0. The molecule has 0 aromatic carbocycles. The van der Waals surface area contributed by atoms with E-state index >= 15 is 0 Å². The maximum atomic E-state index is 10.9. The minimum atomic E-state index is -0.791. The van der Waals surface area contributed by atoms with Crippen molar-refractivity contribution in [3.63, 3.8) is 0 Å². The molecule has 0 bridgehead atoms. The van der Waals surface area contributed by atoms with E-state index in [4.69, 9.17) is 9.84 Å². The lowest BCUT2D eigenvalue weighted by Crippen LogP contribution is -2.41. The van der Waals surface area contributed by atoms with Crippen LogP contribution >= 0.6 is 0 Å². The van der Waals surface area contributed by atoms with Gasteiger partial charge in [0.2, 0.25) is 0 Å². The van der Waals surface area contributed by atoms with Crippen molar-refractivity contribution in [2.75, 3.05) is 7.11 Å². The lowest BCUT2D eigenvalue weighted by molar-refractivity contribution is -0.142. The second-order valence-corrected chi connectivity index (χ2v) is 3.88. The average molecular weight is 185 g/mol. The van der Waals surface area contributed by atoms with Crippen LogP contribution in [0.1, 0.15) is 19.3 Å². The summed E-state index contributed by atoms with van der Waals surface area (Å²) < 4.78 is 5.26. The summed E-state index contributed by atoms with van der Waals surface area (Å²) in [5.74, 6) is -0.382. The van der Waals surface area contributed by atoms with Gasteiger partial charge < -0.3 is 9.84 Å². The van der Waals surface area contributed by atoms with Crippen LogP contribution in [-0.2, 0) is 9.53 Å². The normalized spacial score (nSPS) is 43.5. The Bertz CT molecular complexity index is 219. The highest BCUT2D eigenvalue weighted by atomic mass is 16.5. The zero-order chi connectivity index (χ0) is 9.42. The van der Waals surface area contributed by atoms with Crippen LogP contribution < -0.4 is 5.32 Å². The number of fused-ring (bicyclic) bond motifs is 1. The number of nitrogens with one attached hydrogen (secondary N) is 1. The van der Waals surface area contributed by atoms with Gasteiger partial charge >= 0.3 is 5.97 Å². The van der Waals surface area contributed by atoms with E-state index in [1.54, 1.807) is 7.11 Å². The Labute approximate surface area is 77.3 Å². The molecule has 4 heteroatoms. The molecule has 0 radical (unpaired) electrons. The molecule has 2 fully saturated rings. The molecule has 1 saturated carbocycles. The fourth-order valence-corrected chi connectivity index (χ4v) is 2.68. The maximum absolute atomic E-state index is 10.9. The SMILES string of the molecule is CO[C@H]1[C@@H]2CCC[C@@H]2N[C@H]1C(=O)O. The predicted octanol–water partition coefficient (Wildman–Crippen LogP) is 0.226. The molecule has 2 aliphatic rings. The molecular weight excluding hydrogens is 170 g/mol. The van der Waals surface area contributed by atoms with Crippen molar-refractivity contribution in [2.45, 2.75) is 37.5 Å². The van der Waals surface area contributed by atoms with Crippen LogP contribution in [-0.4, -0.2) is 36.4 Å². The summed E-state index contributed by atoms with van der Waals surface area (Å²) in [4.78, 5) is 10.9. The summed E-state index contributed by atoms with van der Waals surface area (Å²) in [5.41, 5.74) is 0. The van der Waals surface area contributed by atoms with Crippen molar-refractivity contribution in [3.8, 4) is 0 Å². The zero-order valence-corrected chi connectivity index (χ0v) is 7.69. The first-order valence-electron chi connectivity index (χ1n) is 4.75. The Morgan fingerprint density at radius 2 is 2.31 bits per heavy atom. The van der Waals surface area contributed by atoms with Gasteiger partial charge in [-0.2, -0.15) is 0 Å². The average Bonchev–Trinajstić information content (AvgIpc) is 2.60. The summed E-state index contributed by atoms with van der Waals surface area (Å²) in [6.07, 6.45) is 3.24. The third-order valence-corrected chi connectivity index (χ3v) is 3.25. The first kappa shape index (κ1) is 8.97. The molecule has 1 aliphatic carbocycles. The van der Waals surface area contributed by atoms with Crippen molar-refractivity contribution in [1.82, 2.24) is 5.32 Å². The van der Waals surface area contributed by atoms with Gasteiger partial charge in [0, 0.05) is 19.1 Å². The van der Waals surface area contributed by atoms with Crippen LogP contribution in [0.25, 0.3) is 0 Å². The molecule has 4 nitrogen and oxygen atoms in total. The minimum Gasteiger partial charge on any atom is -0.480 e. The molecule has 0 aromatic rings. The highest BCUT2D eigenvalue weighted by Gasteiger charge is 2.48. The van der Waals surface area contributed by atoms with Crippen molar-refractivity contribution in [1.29, 1.82) is 0 Å². The van der Waals surface area contributed by atoms with Crippen LogP contribution in [0.15, 0.2) is 0 Å². The standard InChI is InChI=1S/C9H15NO3/c1-13-8-5-3-2-4-6(5)10-7(8)9(11)12/h5-8,10H,2-4H2,1H3,(H,11,12)/t5-,6+,7-,8+/m1/s1. The smallest absolute Gasteiger partial charge is 0.323 e. The molecule has 0 spiro atoms. The van der Waals surface area contributed by atoms with Crippen LogP contribution in [0.5, 0.6) is 0 Å². The number of carbonyl (C=O) groups is 1. The third kappa shape index (κ3) is 1.34. The van der Waals surface area contributed by atoms with Gasteiger partial charge in [-0.25, -0.2) is 0 Å². The van der Waals surface area contributed by atoms with E-state index in [-0.39, 0.29) is 6.10 Å². The number of hydrogen-bond acceptors (Lipinski definition) is 3. The number of carboxylic acid groups (broad SMARTS) is 1. The van der Waals surface area contributed by atoms with Crippen molar-refractivity contribution < 1.29 is 14.6 Å². The van der Waals surface area contributed by atoms with E-state index in [1.165, 1.54) is 6.42 Å². The molecule has 74 valence electrons. The Balaban J connectivity index is 2.12. The lowest BCUT2D eigenvalue weighted by Gasteiger charge is -2.18. The van der Waals surface area contributed by atoms with Crippen LogP contribution in [0.4, 0.5) is 0 Å². The summed E-state index contributed by atoms with van der Waals surface area (Å²) in [6, 6.07) is -0.133. The van der Waals surface area contributed by atoms with E-state index in [9.17, 15) is 4.79 Å². The Kier molecular flexibility index (Phi) is 2.26. The van der Waals surface area contributed by atoms with Gasteiger partial charge in [-0.3, -0.25) is 10.1 Å². The van der Waals surface area contributed by atoms with Gasteiger partial charge in [0.15, 0.2) is 0 Å². The predicted molar refractivity (Wildman–Crippen MR) is 46.5 cm³/mol. The van der Waals surface area contributed by atoms with Crippen molar-refractivity contribution in [2.24, 2.45) is 5.92 Å².